The molecule has 4 aromatic rings. The van der Waals surface area contributed by atoms with Crippen molar-refractivity contribution in [3.8, 4) is 22.3 Å². The van der Waals surface area contributed by atoms with E-state index in [9.17, 15) is 0 Å². The smallest absolute Gasteiger partial charge is 0.0431 e. The minimum Gasteiger partial charge on any atom is -0.355 e. The molecule has 0 bridgehead atoms. The lowest BCUT2D eigenvalue weighted by molar-refractivity contribution is 0.660. The quantitative estimate of drug-likeness (QED) is 0.358. The third-order valence-electron chi connectivity index (χ3n) is 7.44. The van der Waals surface area contributed by atoms with E-state index in [1.807, 2.05) is 0 Å². The van der Waals surface area contributed by atoms with Gasteiger partial charge in [0.25, 0.3) is 0 Å². The highest BCUT2D eigenvalue weighted by Gasteiger charge is 2.38. The molecule has 0 fully saturated rings. The van der Waals surface area contributed by atoms with Gasteiger partial charge in [0.05, 0.1) is 0 Å². The van der Waals surface area contributed by atoms with Gasteiger partial charge in [0.1, 0.15) is 0 Å². The van der Waals surface area contributed by atoms with E-state index in [2.05, 4.69) is 118 Å². The second-order valence-electron chi connectivity index (χ2n) is 9.95. The SMILES string of the molecule is CC1(C)c2ccccc2-c2cc(Nc3cccc4c3C(C)(C)c3ccccc3-4)ccc21. The molecule has 2 aliphatic carbocycles. The van der Waals surface area contributed by atoms with Gasteiger partial charge in [0, 0.05) is 22.2 Å². The van der Waals surface area contributed by atoms with Crippen molar-refractivity contribution in [1.29, 1.82) is 0 Å². The number of rotatable bonds is 2. The molecule has 6 rings (SSSR count). The maximum Gasteiger partial charge on any atom is 0.0431 e. The summed E-state index contributed by atoms with van der Waals surface area (Å²) < 4.78 is 0. The maximum atomic E-state index is 3.78. The Morgan fingerprint density at radius 3 is 1.84 bits per heavy atom. The summed E-state index contributed by atoms with van der Waals surface area (Å²) >= 11 is 0. The predicted octanol–water partition coefficient (Wildman–Crippen LogP) is 8.04. The van der Waals surface area contributed by atoms with E-state index in [1.165, 1.54) is 50.2 Å². The summed E-state index contributed by atoms with van der Waals surface area (Å²) in [7, 11) is 0. The molecule has 0 aliphatic heterocycles. The zero-order valence-electron chi connectivity index (χ0n) is 18.6. The number of anilines is 2. The number of nitrogens with one attached hydrogen (secondary N) is 1. The minimum atomic E-state index is -0.0269. The summed E-state index contributed by atoms with van der Waals surface area (Å²) in [6.45, 7) is 9.33. The number of hydrogen-bond acceptors (Lipinski definition) is 1. The van der Waals surface area contributed by atoms with Crippen LogP contribution in [-0.4, -0.2) is 0 Å². The highest BCUT2D eigenvalue weighted by molar-refractivity contribution is 5.88. The summed E-state index contributed by atoms with van der Waals surface area (Å²) in [4.78, 5) is 0. The van der Waals surface area contributed by atoms with E-state index in [0.29, 0.717) is 0 Å². The predicted molar refractivity (Wildman–Crippen MR) is 131 cm³/mol. The Labute approximate surface area is 184 Å². The highest BCUT2D eigenvalue weighted by Crippen LogP contribution is 2.53. The number of fused-ring (bicyclic) bond motifs is 6. The van der Waals surface area contributed by atoms with Crippen LogP contribution in [0.2, 0.25) is 0 Å². The summed E-state index contributed by atoms with van der Waals surface area (Å²) in [5.74, 6) is 0. The van der Waals surface area contributed by atoms with Crippen molar-refractivity contribution >= 4 is 11.4 Å². The molecule has 1 heteroatoms. The first-order valence-corrected chi connectivity index (χ1v) is 11.1. The van der Waals surface area contributed by atoms with Gasteiger partial charge in [0.2, 0.25) is 0 Å². The summed E-state index contributed by atoms with van der Waals surface area (Å²) in [6, 6.07) is 31.2. The molecule has 0 atom stereocenters. The zero-order valence-corrected chi connectivity index (χ0v) is 18.6. The number of benzene rings is 4. The molecule has 0 amide bonds. The molecule has 0 spiro atoms. The standard InChI is InChI=1S/C30H27N/c1-29(2)24-13-7-6-11-21(24)23-18-19(16-17-26(23)29)31-27-15-9-12-22-20-10-5-8-14-25(20)30(3,4)28(22)27/h5-18,31H,1-4H3. The van der Waals surface area contributed by atoms with Crippen LogP contribution < -0.4 is 5.32 Å². The lowest BCUT2D eigenvalue weighted by Gasteiger charge is -2.25. The second kappa shape index (κ2) is 6.11. The van der Waals surface area contributed by atoms with Crippen LogP contribution in [0.3, 0.4) is 0 Å². The first-order chi connectivity index (χ1) is 14.9. The summed E-state index contributed by atoms with van der Waals surface area (Å²) in [5, 5.41) is 3.78. The van der Waals surface area contributed by atoms with Crippen LogP contribution in [0.25, 0.3) is 22.3 Å². The van der Waals surface area contributed by atoms with Crippen LogP contribution in [0.15, 0.2) is 84.9 Å². The topological polar surface area (TPSA) is 12.0 Å². The monoisotopic (exact) mass is 401 g/mol. The van der Waals surface area contributed by atoms with E-state index < -0.39 is 0 Å². The lowest BCUT2D eigenvalue weighted by Crippen LogP contribution is -2.17. The van der Waals surface area contributed by atoms with Crippen molar-refractivity contribution in [1.82, 2.24) is 0 Å². The van der Waals surface area contributed by atoms with E-state index in [4.69, 9.17) is 0 Å². The van der Waals surface area contributed by atoms with Gasteiger partial charge in [-0.05, 0) is 62.7 Å². The molecule has 4 aromatic carbocycles. The van der Waals surface area contributed by atoms with Gasteiger partial charge in [-0.3, -0.25) is 0 Å². The van der Waals surface area contributed by atoms with Crippen LogP contribution in [0.4, 0.5) is 11.4 Å². The Morgan fingerprint density at radius 1 is 0.516 bits per heavy atom. The van der Waals surface area contributed by atoms with E-state index in [-0.39, 0.29) is 10.8 Å². The normalized spacial score (nSPS) is 16.3. The van der Waals surface area contributed by atoms with Crippen molar-refractivity contribution in [3.63, 3.8) is 0 Å². The zero-order chi connectivity index (χ0) is 21.4. The molecule has 0 aromatic heterocycles. The first kappa shape index (κ1) is 18.4. The van der Waals surface area contributed by atoms with Gasteiger partial charge in [-0.25, -0.2) is 0 Å². The first-order valence-electron chi connectivity index (χ1n) is 11.1. The van der Waals surface area contributed by atoms with Gasteiger partial charge in [0.15, 0.2) is 0 Å². The van der Waals surface area contributed by atoms with Gasteiger partial charge in [-0.2, -0.15) is 0 Å². The highest BCUT2D eigenvalue weighted by atomic mass is 14.9. The molecule has 1 N–H and O–H groups in total. The molecule has 0 saturated carbocycles. The number of hydrogen-bond donors (Lipinski definition) is 1. The van der Waals surface area contributed by atoms with Crippen molar-refractivity contribution in [2.45, 2.75) is 38.5 Å². The molecule has 0 heterocycles. The van der Waals surface area contributed by atoms with Crippen LogP contribution in [-0.2, 0) is 10.8 Å². The van der Waals surface area contributed by atoms with Crippen LogP contribution in [0.1, 0.15) is 49.9 Å². The van der Waals surface area contributed by atoms with Gasteiger partial charge in [-0.1, -0.05) is 94.4 Å². The van der Waals surface area contributed by atoms with Crippen LogP contribution >= 0.6 is 0 Å². The molecular weight excluding hydrogens is 374 g/mol. The fraction of sp³-hybridized carbons (Fsp3) is 0.200. The van der Waals surface area contributed by atoms with E-state index in [1.54, 1.807) is 0 Å². The van der Waals surface area contributed by atoms with Crippen molar-refractivity contribution in [2.75, 3.05) is 5.32 Å². The molecule has 1 nitrogen and oxygen atoms in total. The molecule has 0 radical (unpaired) electrons. The molecule has 0 saturated heterocycles. The molecule has 2 aliphatic rings. The molecule has 152 valence electrons. The van der Waals surface area contributed by atoms with Crippen LogP contribution in [0.5, 0.6) is 0 Å². The molecule has 0 unspecified atom stereocenters. The van der Waals surface area contributed by atoms with Gasteiger partial charge in [-0.15, -0.1) is 0 Å². The Morgan fingerprint density at radius 2 is 1.10 bits per heavy atom. The average Bonchev–Trinajstić information content (AvgIpc) is 3.15. The third kappa shape index (κ3) is 2.44. The Kier molecular flexibility index (Phi) is 3.63. The van der Waals surface area contributed by atoms with E-state index >= 15 is 0 Å². The van der Waals surface area contributed by atoms with Gasteiger partial charge < -0.3 is 5.32 Å². The van der Waals surface area contributed by atoms with Gasteiger partial charge >= 0.3 is 0 Å². The lowest BCUT2D eigenvalue weighted by atomic mass is 9.81. The van der Waals surface area contributed by atoms with E-state index in [0.717, 1.165) is 5.69 Å². The van der Waals surface area contributed by atoms with Crippen molar-refractivity contribution < 1.29 is 0 Å². The fourth-order valence-corrected chi connectivity index (χ4v) is 5.91. The molecular formula is C30H27N. The largest absolute Gasteiger partial charge is 0.355 e. The van der Waals surface area contributed by atoms with Crippen molar-refractivity contribution in [2.24, 2.45) is 0 Å². The summed E-state index contributed by atoms with van der Waals surface area (Å²) in [6.07, 6.45) is 0. The molecule has 31 heavy (non-hydrogen) atoms. The minimum absolute atomic E-state index is 0.0269. The summed E-state index contributed by atoms with van der Waals surface area (Å²) in [5.41, 5.74) is 13.4. The Bertz CT molecular complexity index is 1360. The third-order valence-corrected chi connectivity index (χ3v) is 7.44. The second-order valence-corrected chi connectivity index (χ2v) is 9.95. The fourth-order valence-electron chi connectivity index (χ4n) is 5.91. The maximum absolute atomic E-state index is 3.78. The van der Waals surface area contributed by atoms with Crippen molar-refractivity contribution in [3.05, 3.63) is 107 Å². The Balaban J connectivity index is 1.46. The average molecular weight is 402 g/mol. The van der Waals surface area contributed by atoms with Crippen LogP contribution in [0, 0.1) is 0 Å². The Hall–Kier alpha value is -3.32.